The Labute approximate surface area is 141 Å². The lowest BCUT2D eigenvalue weighted by atomic mass is 9.81. The first kappa shape index (κ1) is 15.4. The molecular formula is C18H22N4O2. The van der Waals surface area contributed by atoms with Gasteiger partial charge in [-0.05, 0) is 25.0 Å². The molecule has 24 heavy (non-hydrogen) atoms. The average Bonchev–Trinajstić information content (AvgIpc) is 3.28. The normalized spacial score (nSPS) is 30.5. The number of fused-ring (bicyclic) bond motifs is 1. The maximum absolute atomic E-state index is 12.2. The summed E-state index contributed by atoms with van der Waals surface area (Å²) < 4.78 is 0. The van der Waals surface area contributed by atoms with Gasteiger partial charge in [-0.1, -0.05) is 12.8 Å². The number of likely N-dealkylation sites (tertiary alicyclic amines) is 1. The molecule has 0 amide bonds. The van der Waals surface area contributed by atoms with Crippen LogP contribution in [-0.2, 0) is 4.79 Å². The molecule has 1 saturated carbocycles. The molecule has 0 unspecified atom stereocenters. The van der Waals surface area contributed by atoms with Crippen LogP contribution in [0.4, 0.5) is 5.82 Å². The highest BCUT2D eigenvalue weighted by molar-refractivity contribution is 5.78. The van der Waals surface area contributed by atoms with E-state index < -0.39 is 11.4 Å². The van der Waals surface area contributed by atoms with Gasteiger partial charge in [0.2, 0.25) is 0 Å². The number of aromatic nitrogens is 1. The predicted octanol–water partition coefficient (Wildman–Crippen LogP) is 1.72. The lowest BCUT2D eigenvalue weighted by molar-refractivity contribution is -0.148. The SMILES string of the molecule is N#Cc1cccnc1N1C[C@H]2CN(C3CCCC3)C[C@@]2(C(=O)O)C1. The third-order valence-corrected chi connectivity index (χ3v) is 6.11. The number of hydrogen-bond donors (Lipinski definition) is 1. The van der Waals surface area contributed by atoms with E-state index in [-0.39, 0.29) is 5.92 Å². The number of nitrogens with zero attached hydrogens (tertiary/aromatic N) is 4. The van der Waals surface area contributed by atoms with Crippen LogP contribution in [0.15, 0.2) is 18.3 Å². The molecule has 3 heterocycles. The van der Waals surface area contributed by atoms with Crippen LogP contribution >= 0.6 is 0 Å². The highest BCUT2D eigenvalue weighted by atomic mass is 16.4. The highest BCUT2D eigenvalue weighted by Gasteiger charge is 2.58. The number of pyridine rings is 1. The van der Waals surface area contributed by atoms with Crippen molar-refractivity contribution in [2.45, 2.75) is 31.7 Å². The van der Waals surface area contributed by atoms with Crippen molar-refractivity contribution in [2.75, 3.05) is 31.1 Å². The number of carboxylic acids is 1. The van der Waals surface area contributed by atoms with Crippen LogP contribution in [0, 0.1) is 22.7 Å². The molecular weight excluding hydrogens is 304 g/mol. The molecule has 1 N–H and O–H groups in total. The molecule has 2 saturated heterocycles. The third kappa shape index (κ3) is 2.27. The Morgan fingerprint density at radius 1 is 1.33 bits per heavy atom. The number of aliphatic carboxylic acids is 1. The van der Waals surface area contributed by atoms with Crippen LogP contribution in [0.2, 0.25) is 0 Å². The van der Waals surface area contributed by atoms with E-state index in [1.54, 1.807) is 18.3 Å². The van der Waals surface area contributed by atoms with E-state index in [9.17, 15) is 15.2 Å². The molecule has 3 fully saturated rings. The van der Waals surface area contributed by atoms with Crippen molar-refractivity contribution in [3.63, 3.8) is 0 Å². The Kier molecular flexibility index (Phi) is 3.69. The fourth-order valence-electron chi connectivity index (χ4n) is 4.85. The van der Waals surface area contributed by atoms with Gasteiger partial charge >= 0.3 is 5.97 Å². The minimum atomic E-state index is -0.729. The summed E-state index contributed by atoms with van der Waals surface area (Å²) in [7, 11) is 0. The van der Waals surface area contributed by atoms with E-state index >= 15 is 0 Å². The Morgan fingerprint density at radius 3 is 2.79 bits per heavy atom. The maximum Gasteiger partial charge on any atom is 0.313 e. The lowest BCUT2D eigenvalue weighted by Crippen LogP contribution is -2.42. The van der Waals surface area contributed by atoms with Crippen molar-refractivity contribution in [3.05, 3.63) is 23.9 Å². The molecule has 126 valence electrons. The Morgan fingerprint density at radius 2 is 2.12 bits per heavy atom. The molecule has 0 bridgehead atoms. The van der Waals surface area contributed by atoms with Crippen molar-refractivity contribution in [1.82, 2.24) is 9.88 Å². The zero-order valence-corrected chi connectivity index (χ0v) is 13.7. The monoisotopic (exact) mass is 326 g/mol. The van der Waals surface area contributed by atoms with Gasteiger partial charge in [-0.3, -0.25) is 9.69 Å². The molecule has 6 nitrogen and oxygen atoms in total. The van der Waals surface area contributed by atoms with Crippen molar-refractivity contribution < 1.29 is 9.90 Å². The van der Waals surface area contributed by atoms with Crippen molar-refractivity contribution in [2.24, 2.45) is 11.3 Å². The number of hydrogen-bond acceptors (Lipinski definition) is 5. The first-order chi connectivity index (χ1) is 11.6. The fourth-order valence-corrected chi connectivity index (χ4v) is 4.85. The third-order valence-electron chi connectivity index (χ3n) is 6.11. The minimum absolute atomic E-state index is 0.101. The Hall–Kier alpha value is -2.13. The molecule has 4 rings (SSSR count). The molecule has 6 heteroatoms. The minimum Gasteiger partial charge on any atom is -0.481 e. The fraction of sp³-hybridized carbons (Fsp3) is 0.611. The van der Waals surface area contributed by atoms with Crippen molar-refractivity contribution >= 4 is 11.8 Å². The topological polar surface area (TPSA) is 80.5 Å². The molecule has 2 aliphatic heterocycles. The van der Waals surface area contributed by atoms with Crippen LogP contribution in [0.3, 0.4) is 0 Å². The van der Waals surface area contributed by atoms with E-state index in [0.717, 1.165) is 6.54 Å². The van der Waals surface area contributed by atoms with Gasteiger partial charge in [-0.2, -0.15) is 5.26 Å². The van der Waals surface area contributed by atoms with Gasteiger partial charge < -0.3 is 10.0 Å². The lowest BCUT2D eigenvalue weighted by Gasteiger charge is -2.29. The van der Waals surface area contributed by atoms with E-state index in [2.05, 4.69) is 16.0 Å². The number of anilines is 1. The molecule has 2 atom stereocenters. The number of carboxylic acid groups (broad SMARTS) is 1. The van der Waals surface area contributed by atoms with Gasteiger partial charge in [-0.15, -0.1) is 0 Å². The second-order valence-corrected chi connectivity index (χ2v) is 7.39. The summed E-state index contributed by atoms with van der Waals surface area (Å²) in [5, 5.41) is 19.3. The predicted molar refractivity (Wildman–Crippen MR) is 88.6 cm³/mol. The van der Waals surface area contributed by atoms with Gasteiger partial charge in [0.1, 0.15) is 17.3 Å². The smallest absolute Gasteiger partial charge is 0.313 e. The summed E-state index contributed by atoms with van der Waals surface area (Å²) in [6, 6.07) is 6.22. The van der Waals surface area contributed by atoms with Crippen molar-refractivity contribution in [1.29, 1.82) is 5.26 Å². The first-order valence-corrected chi connectivity index (χ1v) is 8.71. The van der Waals surface area contributed by atoms with E-state index in [1.165, 1.54) is 25.7 Å². The van der Waals surface area contributed by atoms with E-state index in [1.807, 2.05) is 4.90 Å². The number of rotatable bonds is 3. The van der Waals surface area contributed by atoms with Crippen LogP contribution in [0.5, 0.6) is 0 Å². The van der Waals surface area contributed by atoms with Gasteiger partial charge in [0.15, 0.2) is 0 Å². The molecule has 1 aromatic rings. The van der Waals surface area contributed by atoms with Gasteiger partial charge in [-0.25, -0.2) is 4.98 Å². The molecule has 1 aromatic heterocycles. The molecule has 0 spiro atoms. The van der Waals surface area contributed by atoms with E-state index in [0.29, 0.717) is 37.1 Å². The summed E-state index contributed by atoms with van der Waals surface area (Å²) in [5.74, 6) is 0.0246. The summed E-state index contributed by atoms with van der Waals surface area (Å²) >= 11 is 0. The van der Waals surface area contributed by atoms with Gasteiger partial charge in [0.05, 0.1) is 5.56 Å². The molecule has 0 radical (unpaired) electrons. The van der Waals surface area contributed by atoms with Crippen molar-refractivity contribution in [3.8, 4) is 6.07 Å². The van der Waals surface area contributed by atoms with E-state index in [4.69, 9.17) is 0 Å². The quantitative estimate of drug-likeness (QED) is 0.911. The van der Waals surface area contributed by atoms with Crippen LogP contribution in [0.25, 0.3) is 0 Å². The largest absolute Gasteiger partial charge is 0.481 e. The van der Waals surface area contributed by atoms with Gasteiger partial charge in [0, 0.05) is 44.3 Å². The summed E-state index contributed by atoms with van der Waals surface area (Å²) in [6.45, 7) is 2.59. The summed E-state index contributed by atoms with van der Waals surface area (Å²) in [5.41, 5.74) is -0.210. The summed E-state index contributed by atoms with van der Waals surface area (Å²) in [4.78, 5) is 20.9. The molecule has 3 aliphatic rings. The number of carbonyl (C=O) groups is 1. The maximum atomic E-state index is 12.2. The average molecular weight is 326 g/mol. The second kappa shape index (κ2) is 5.75. The van der Waals surface area contributed by atoms with Crippen LogP contribution in [0.1, 0.15) is 31.2 Å². The molecule has 0 aromatic carbocycles. The molecule has 1 aliphatic carbocycles. The first-order valence-electron chi connectivity index (χ1n) is 8.71. The zero-order chi connectivity index (χ0) is 16.7. The number of nitriles is 1. The highest BCUT2D eigenvalue weighted by Crippen LogP contribution is 2.46. The Balaban J connectivity index is 1.59. The van der Waals surface area contributed by atoms with Crippen LogP contribution in [-0.4, -0.2) is 53.2 Å². The Bertz CT molecular complexity index is 695. The summed E-state index contributed by atoms with van der Waals surface area (Å²) in [6.07, 6.45) is 6.59. The van der Waals surface area contributed by atoms with Crippen LogP contribution < -0.4 is 4.90 Å². The second-order valence-electron chi connectivity index (χ2n) is 7.39. The zero-order valence-electron chi connectivity index (χ0n) is 13.7. The standard InChI is InChI=1S/C18H22N4O2/c19-8-13-4-3-7-20-16(13)22-10-14-9-21(15-5-1-2-6-15)11-18(14,12-22)17(23)24/h3-4,7,14-15H,1-2,5-6,9-12H2,(H,23,24)/t14-,18-/m1/s1. The van der Waals surface area contributed by atoms with Gasteiger partial charge in [0.25, 0.3) is 0 Å².